The fraction of sp³-hybridized carbons (Fsp3) is 0.250. The summed E-state index contributed by atoms with van der Waals surface area (Å²) in [6.45, 7) is 1.32. The van der Waals surface area contributed by atoms with E-state index in [4.69, 9.17) is 4.74 Å². The summed E-state index contributed by atoms with van der Waals surface area (Å²) in [4.78, 5) is 2.12. The minimum absolute atomic E-state index is 0.0929. The molecule has 0 amide bonds. The van der Waals surface area contributed by atoms with Gasteiger partial charge >= 0.3 is 0 Å². The molecule has 2 aromatic carbocycles. The van der Waals surface area contributed by atoms with Gasteiger partial charge in [0.15, 0.2) is 0 Å². The summed E-state index contributed by atoms with van der Waals surface area (Å²) in [5.74, 6) is -0.251. The second kappa shape index (κ2) is 6.88. The number of fused-ring (bicyclic) bond motifs is 1. The van der Waals surface area contributed by atoms with Gasteiger partial charge in [-0.3, -0.25) is 10.00 Å². The summed E-state index contributed by atoms with van der Waals surface area (Å²) >= 11 is 0. The molecule has 26 heavy (non-hydrogen) atoms. The standard InChI is InChI=1S/C20H19F2N3O/c1-25(12-16-8-13-4-2-3-5-19(13)26-16)11-14-10-23-24-20(14)17-7-6-15(21)9-18(17)22/h2-7,9-10,16H,8,11-12H2,1H3,(H,23,24). The van der Waals surface area contributed by atoms with Crippen molar-refractivity contribution in [1.29, 1.82) is 0 Å². The van der Waals surface area contributed by atoms with Gasteiger partial charge in [0.25, 0.3) is 0 Å². The van der Waals surface area contributed by atoms with Gasteiger partial charge in [0.05, 0.1) is 11.9 Å². The third-order valence-corrected chi connectivity index (χ3v) is 4.59. The molecular weight excluding hydrogens is 336 g/mol. The normalized spacial score (nSPS) is 15.9. The smallest absolute Gasteiger partial charge is 0.135 e. The second-order valence-corrected chi connectivity index (χ2v) is 6.64. The van der Waals surface area contributed by atoms with Crippen molar-refractivity contribution in [2.45, 2.75) is 19.1 Å². The zero-order valence-corrected chi connectivity index (χ0v) is 14.4. The van der Waals surface area contributed by atoms with Crippen molar-refractivity contribution < 1.29 is 13.5 Å². The molecule has 1 atom stereocenters. The van der Waals surface area contributed by atoms with Crippen LogP contribution in [-0.4, -0.2) is 34.8 Å². The van der Waals surface area contributed by atoms with Gasteiger partial charge in [-0.25, -0.2) is 8.78 Å². The average molecular weight is 355 g/mol. The summed E-state index contributed by atoms with van der Waals surface area (Å²) in [5.41, 5.74) is 2.97. The van der Waals surface area contributed by atoms with Crippen LogP contribution < -0.4 is 4.74 Å². The molecule has 1 aliphatic rings. The quantitative estimate of drug-likeness (QED) is 0.757. The van der Waals surface area contributed by atoms with Crippen molar-refractivity contribution in [1.82, 2.24) is 15.1 Å². The molecule has 0 spiro atoms. The first-order valence-corrected chi connectivity index (χ1v) is 8.51. The van der Waals surface area contributed by atoms with Crippen LogP contribution in [0.4, 0.5) is 8.78 Å². The van der Waals surface area contributed by atoms with Gasteiger partial charge in [0.2, 0.25) is 0 Å². The Morgan fingerprint density at radius 1 is 1.23 bits per heavy atom. The zero-order chi connectivity index (χ0) is 18.1. The number of hydrogen-bond acceptors (Lipinski definition) is 3. The van der Waals surface area contributed by atoms with E-state index in [2.05, 4.69) is 21.2 Å². The number of halogens is 2. The number of benzene rings is 2. The van der Waals surface area contributed by atoms with E-state index in [0.717, 1.165) is 30.3 Å². The molecule has 0 saturated heterocycles. The van der Waals surface area contributed by atoms with Crippen LogP contribution in [0.25, 0.3) is 11.3 Å². The van der Waals surface area contributed by atoms with Crippen LogP contribution in [0.5, 0.6) is 5.75 Å². The van der Waals surface area contributed by atoms with Crippen molar-refractivity contribution in [2.24, 2.45) is 0 Å². The Hall–Kier alpha value is -2.73. The number of nitrogens with one attached hydrogen (secondary N) is 1. The average Bonchev–Trinajstić information content (AvgIpc) is 3.21. The van der Waals surface area contributed by atoms with Gasteiger partial charge in [-0.2, -0.15) is 5.10 Å². The third-order valence-electron chi connectivity index (χ3n) is 4.59. The van der Waals surface area contributed by atoms with Crippen molar-refractivity contribution in [2.75, 3.05) is 13.6 Å². The summed E-state index contributed by atoms with van der Waals surface area (Å²) in [6, 6.07) is 11.6. The highest BCUT2D eigenvalue weighted by Crippen LogP contribution is 2.29. The van der Waals surface area contributed by atoms with Crippen LogP contribution in [0.1, 0.15) is 11.1 Å². The first kappa shape index (κ1) is 16.7. The lowest BCUT2D eigenvalue weighted by atomic mass is 10.1. The van der Waals surface area contributed by atoms with E-state index in [1.807, 2.05) is 25.2 Å². The molecular formula is C20H19F2N3O. The summed E-state index contributed by atoms with van der Waals surface area (Å²) in [7, 11) is 1.99. The molecule has 1 aromatic heterocycles. The number of H-pyrrole nitrogens is 1. The molecule has 0 fully saturated rings. The minimum Gasteiger partial charge on any atom is -0.488 e. The molecule has 0 saturated carbocycles. The Labute approximate surface area is 150 Å². The Balaban J connectivity index is 1.45. The highest BCUT2D eigenvalue weighted by atomic mass is 19.1. The number of aromatic amines is 1. The van der Waals surface area contributed by atoms with E-state index in [-0.39, 0.29) is 6.10 Å². The topological polar surface area (TPSA) is 41.2 Å². The third kappa shape index (κ3) is 3.32. The first-order valence-electron chi connectivity index (χ1n) is 8.51. The Morgan fingerprint density at radius 2 is 2.08 bits per heavy atom. The molecule has 4 rings (SSSR count). The fourth-order valence-electron chi connectivity index (χ4n) is 3.42. The van der Waals surface area contributed by atoms with E-state index in [0.29, 0.717) is 17.8 Å². The van der Waals surface area contributed by atoms with Crippen LogP contribution in [0.15, 0.2) is 48.7 Å². The molecule has 2 heterocycles. The molecule has 134 valence electrons. The predicted octanol–water partition coefficient (Wildman–Crippen LogP) is 3.79. The molecule has 4 nitrogen and oxygen atoms in total. The predicted molar refractivity (Wildman–Crippen MR) is 94.8 cm³/mol. The van der Waals surface area contributed by atoms with Gasteiger partial charge in [0.1, 0.15) is 23.5 Å². The summed E-state index contributed by atoms with van der Waals surface area (Å²) in [6.07, 6.45) is 2.65. The number of hydrogen-bond donors (Lipinski definition) is 1. The maximum Gasteiger partial charge on any atom is 0.135 e. The van der Waals surface area contributed by atoms with Crippen LogP contribution in [0.3, 0.4) is 0 Å². The van der Waals surface area contributed by atoms with E-state index in [1.165, 1.54) is 17.7 Å². The largest absolute Gasteiger partial charge is 0.488 e. The number of aromatic nitrogens is 2. The molecule has 1 unspecified atom stereocenters. The lowest BCUT2D eigenvalue weighted by Crippen LogP contribution is -2.31. The Morgan fingerprint density at radius 3 is 2.88 bits per heavy atom. The molecule has 0 radical (unpaired) electrons. The maximum absolute atomic E-state index is 14.1. The van der Waals surface area contributed by atoms with Gasteiger partial charge < -0.3 is 4.74 Å². The molecule has 6 heteroatoms. The van der Waals surface area contributed by atoms with Crippen molar-refractivity contribution in [3.63, 3.8) is 0 Å². The van der Waals surface area contributed by atoms with Crippen LogP contribution in [0, 0.1) is 11.6 Å². The van der Waals surface area contributed by atoms with Crippen LogP contribution in [-0.2, 0) is 13.0 Å². The summed E-state index contributed by atoms with van der Waals surface area (Å²) in [5, 5.41) is 6.86. The summed E-state index contributed by atoms with van der Waals surface area (Å²) < 4.78 is 33.2. The molecule has 3 aromatic rings. The molecule has 1 aliphatic heterocycles. The van der Waals surface area contributed by atoms with Crippen molar-refractivity contribution in [3.8, 4) is 17.0 Å². The SMILES string of the molecule is CN(Cc1cn[nH]c1-c1ccc(F)cc1F)CC1Cc2ccccc2O1. The zero-order valence-electron chi connectivity index (χ0n) is 14.4. The van der Waals surface area contributed by atoms with Crippen LogP contribution in [0.2, 0.25) is 0 Å². The van der Waals surface area contributed by atoms with Gasteiger partial charge in [0, 0.05) is 36.7 Å². The first-order chi connectivity index (χ1) is 12.6. The fourth-order valence-corrected chi connectivity index (χ4v) is 3.42. The molecule has 0 aliphatic carbocycles. The van der Waals surface area contributed by atoms with E-state index in [9.17, 15) is 8.78 Å². The number of rotatable bonds is 5. The van der Waals surface area contributed by atoms with E-state index >= 15 is 0 Å². The highest BCUT2D eigenvalue weighted by Gasteiger charge is 2.24. The molecule has 1 N–H and O–H groups in total. The Bertz CT molecular complexity index is 900. The van der Waals surface area contributed by atoms with Crippen molar-refractivity contribution >= 4 is 0 Å². The van der Waals surface area contributed by atoms with Crippen LogP contribution >= 0.6 is 0 Å². The van der Waals surface area contributed by atoms with E-state index < -0.39 is 11.6 Å². The van der Waals surface area contributed by atoms with Gasteiger partial charge in [-0.1, -0.05) is 18.2 Å². The van der Waals surface area contributed by atoms with Crippen molar-refractivity contribution in [3.05, 3.63) is 71.4 Å². The van der Waals surface area contributed by atoms with Gasteiger partial charge in [-0.15, -0.1) is 0 Å². The number of likely N-dealkylation sites (N-methyl/N-ethyl adjacent to an activating group) is 1. The monoisotopic (exact) mass is 355 g/mol. The van der Waals surface area contributed by atoms with E-state index in [1.54, 1.807) is 6.20 Å². The Kier molecular flexibility index (Phi) is 4.42. The lowest BCUT2D eigenvalue weighted by Gasteiger charge is -2.20. The lowest BCUT2D eigenvalue weighted by molar-refractivity contribution is 0.165. The molecule has 0 bridgehead atoms. The number of nitrogens with zero attached hydrogens (tertiary/aromatic N) is 2. The minimum atomic E-state index is -0.604. The number of para-hydroxylation sites is 1. The second-order valence-electron chi connectivity index (χ2n) is 6.64. The maximum atomic E-state index is 14.1. The number of ether oxygens (including phenoxy) is 1. The highest BCUT2D eigenvalue weighted by molar-refractivity contribution is 5.63. The van der Waals surface area contributed by atoms with Gasteiger partial charge in [-0.05, 0) is 30.8 Å².